The molecular formula is C16H8BrFN2S. The van der Waals surface area contributed by atoms with Gasteiger partial charge in [-0.05, 0) is 46.3 Å². The molecule has 0 amide bonds. The third-order valence-electron chi connectivity index (χ3n) is 2.95. The summed E-state index contributed by atoms with van der Waals surface area (Å²) < 4.78 is 13.8. The lowest BCUT2D eigenvalue weighted by Crippen LogP contribution is -1.83. The third-order valence-corrected chi connectivity index (χ3v) is 4.48. The van der Waals surface area contributed by atoms with Crippen LogP contribution in [0.15, 0.2) is 52.3 Å². The lowest BCUT2D eigenvalue weighted by molar-refractivity contribution is 0.627. The molecule has 0 saturated heterocycles. The molecule has 3 aromatic rings. The molecule has 2 aromatic carbocycles. The van der Waals surface area contributed by atoms with Crippen LogP contribution in [0.2, 0.25) is 0 Å². The molecule has 1 heterocycles. The van der Waals surface area contributed by atoms with Gasteiger partial charge in [-0.25, -0.2) is 9.37 Å². The van der Waals surface area contributed by atoms with Gasteiger partial charge in [0.05, 0.1) is 17.3 Å². The van der Waals surface area contributed by atoms with Gasteiger partial charge in [0.25, 0.3) is 0 Å². The average molecular weight is 359 g/mol. The van der Waals surface area contributed by atoms with Crippen molar-refractivity contribution in [2.24, 2.45) is 0 Å². The minimum absolute atomic E-state index is 0.288. The minimum atomic E-state index is -0.288. The number of nitriles is 1. The molecule has 0 unspecified atom stereocenters. The maximum atomic E-state index is 13.1. The smallest absolute Gasteiger partial charge is 0.125 e. The van der Waals surface area contributed by atoms with Crippen molar-refractivity contribution >= 4 is 27.3 Å². The predicted molar refractivity (Wildman–Crippen MR) is 85.4 cm³/mol. The van der Waals surface area contributed by atoms with Crippen LogP contribution in [-0.4, -0.2) is 4.98 Å². The van der Waals surface area contributed by atoms with E-state index >= 15 is 0 Å². The van der Waals surface area contributed by atoms with Crippen LogP contribution < -0.4 is 0 Å². The number of rotatable bonds is 2. The van der Waals surface area contributed by atoms with Crippen LogP contribution in [0.3, 0.4) is 0 Å². The van der Waals surface area contributed by atoms with Crippen molar-refractivity contribution < 1.29 is 4.39 Å². The van der Waals surface area contributed by atoms with Gasteiger partial charge in [0, 0.05) is 21.0 Å². The lowest BCUT2D eigenvalue weighted by atomic mass is 10.1. The van der Waals surface area contributed by atoms with Crippen LogP contribution in [0.25, 0.3) is 21.8 Å². The largest absolute Gasteiger partial charge is 0.236 e. The summed E-state index contributed by atoms with van der Waals surface area (Å²) in [6.07, 6.45) is 0. The summed E-state index contributed by atoms with van der Waals surface area (Å²) >= 11 is 4.84. The van der Waals surface area contributed by atoms with Gasteiger partial charge in [-0.2, -0.15) is 5.26 Å². The number of hydrogen-bond donors (Lipinski definition) is 0. The summed E-state index contributed by atoms with van der Waals surface area (Å²) in [6.45, 7) is 0. The van der Waals surface area contributed by atoms with Crippen molar-refractivity contribution in [3.05, 3.63) is 63.7 Å². The molecule has 2 nitrogen and oxygen atoms in total. The lowest BCUT2D eigenvalue weighted by Gasteiger charge is -2.00. The Morgan fingerprint density at radius 3 is 2.81 bits per heavy atom. The van der Waals surface area contributed by atoms with E-state index in [9.17, 15) is 4.39 Å². The quantitative estimate of drug-likeness (QED) is 0.627. The van der Waals surface area contributed by atoms with Crippen LogP contribution in [0.1, 0.15) is 5.56 Å². The second-order valence-corrected chi connectivity index (χ2v) is 6.07. The van der Waals surface area contributed by atoms with Crippen LogP contribution in [0.4, 0.5) is 4.39 Å². The normalized spacial score (nSPS) is 10.3. The fourth-order valence-electron chi connectivity index (χ4n) is 1.94. The molecule has 3 rings (SSSR count). The molecule has 0 radical (unpaired) electrons. The van der Waals surface area contributed by atoms with Gasteiger partial charge in [-0.15, -0.1) is 11.3 Å². The van der Waals surface area contributed by atoms with Crippen LogP contribution in [0, 0.1) is 17.1 Å². The van der Waals surface area contributed by atoms with Gasteiger partial charge in [-0.1, -0.05) is 12.1 Å². The Labute approximate surface area is 133 Å². The van der Waals surface area contributed by atoms with Gasteiger partial charge in [-0.3, -0.25) is 0 Å². The summed E-state index contributed by atoms with van der Waals surface area (Å²) in [6, 6.07) is 14.0. The number of benzene rings is 2. The van der Waals surface area contributed by atoms with Crippen LogP contribution in [0.5, 0.6) is 0 Å². The molecule has 0 atom stereocenters. The first-order valence-corrected chi connectivity index (χ1v) is 7.76. The molecule has 0 N–H and O–H groups in total. The predicted octanol–water partition coefficient (Wildman–Crippen LogP) is 5.25. The van der Waals surface area contributed by atoms with Gasteiger partial charge in [0.15, 0.2) is 0 Å². The van der Waals surface area contributed by atoms with E-state index in [0.717, 1.165) is 21.8 Å². The summed E-state index contributed by atoms with van der Waals surface area (Å²) in [5.41, 5.74) is 3.16. The minimum Gasteiger partial charge on any atom is -0.236 e. The zero-order valence-corrected chi connectivity index (χ0v) is 13.1. The Hall–Kier alpha value is -2.03. The summed E-state index contributed by atoms with van der Waals surface area (Å²) in [5.74, 6) is -0.288. The molecule has 0 bridgehead atoms. The van der Waals surface area contributed by atoms with Crippen molar-refractivity contribution in [1.29, 1.82) is 5.26 Å². The van der Waals surface area contributed by atoms with Crippen molar-refractivity contribution in [2.45, 2.75) is 0 Å². The second kappa shape index (κ2) is 5.76. The van der Waals surface area contributed by atoms with E-state index in [-0.39, 0.29) is 5.82 Å². The Bertz CT molecular complexity index is 851. The summed E-state index contributed by atoms with van der Waals surface area (Å²) in [4.78, 5) is 4.57. The first kappa shape index (κ1) is 13.9. The van der Waals surface area contributed by atoms with Gasteiger partial charge in [0.1, 0.15) is 10.8 Å². The summed E-state index contributed by atoms with van der Waals surface area (Å²) in [5, 5.41) is 11.7. The molecule has 0 saturated carbocycles. The number of aromatic nitrogens is 1. The maximum absolute atomic E-state index is 13.1. The van der Waals surface area contributed by atoms with Crippen LogP contribution >= 0.6 is 27.3 Å². The van der Waals surface area contributed by atoms with Crippen molar-refractivity contribution in [3.8, 4) is 27.9 Å². The molecule has 5 heteroatoms. The van der Waals surface area contributed by atoms with Crippen molar-refractivity contribution in [3.63, 3.8) is 0 Å². The van der Waals surface area contributed by atoms with E-state index in [1.165, 1.54) is 23.5 Å². The van der Waals surface area contributed by atoms with E-state index in [1.54, 1.807) is 18.2 Å². The van der Waals surface area contributed by atoms with Crippen molar-refractivity contribution in [1.82, 2.24) is 4.98 Å². The highest BCUT2D eigenvalue weighted by molar-refractivity contribution is 9.10. The molecule has 0 aliphatic heterocycles. The maximum Gasteiger partial charge on any atom is 0.125 e. The zero-order chi connectivity index (χ0) is 14.8. The highest BCUT2D eigenvalue weighted by atomic mass is 79.9. The standard InChI is InChI=1S/C16H8BrFN2S/c17-14-7-12(18)4-5-13(14)16-20-15(9-21-16)11-3-1-2-10(6-11)8-19/h1-7,9H. The van der Waals surface area contributed by atoms with Gasteiger partial charge in [0.2, 0.25) is 0 Å². The van der Waals surface area contributed by atoms with E-state index < -0.39 is 0 Å². The fraction of sp³-hybridized carbons (Fsp3) is 0. The third kappa shape index (κ3) is 2.87. The van der Waals surface area contributed by atoms with E-state index in [2.05, 4.69) is 27.0 Å². The summed E-state index contributed by atoms with van der Waals surface area (Å²) in [7, 11) is 0. The molecule has 0 fully saturated rings. The molecular weight excluding hydrogens is 351 g/mol. The number of nitrogens with zero attached hydrogens (tertiary/aromatic N) is 2. The fourth-order valence-corrected chi connectivity index (χ4v) is 3.48. The second-order valence-electron chi connectivity index (χ2n) is 4.35. The zero-order valence-electron chi connectivity index (χ0n) is 10.7. The Balaban J connectivity index is 2.02. The first-order chi connectivity index (χ1) is 10.2. The molecule has 1 aromatic heterocycles. The Morgan fingerprint density at radius 2 is 2.05 bits per heavy atom. The number of hydrogen-bond acceptors (Lipinski definition) is 3. The number of thiazole rings is 1. The highest BCUT2D eigenvalue weighted by Gasteiger charge is 2.10. The van der Waals surface area contributed by atoms with Gasteiger partial charge < -0.3 is 0 Å². The van der Waals surface area contributed by atoms with Crippen LogP contribution in [-0.2, 0) is 0 Å². The number of halogens is 2. The first-order valence-electron chi connectivity index (χ1n) is 6.09. The SMILES string of the molecule is N#Cc1cccc(-c2csc(-c3ccc(F)cc3Br)n2)c1. The monoisotopic (exact) mass is 358 g/mol. The Morgan fingerprint density at radius 1 is 1.19 bits per heavy atom. The molecule has 21 heavy (non-hydrogen) atoms. The van der Waals surface area contributed by atoms with Crippen molar-refractivity contribution in [2.75, 3.05) is 0 Å². The molecule has 0 spiro atoms. The molecule has 102 valence electrons. The van der Waals surface area contributed by atoms with E-state index in [1.807, 2.05) is 17.5 Å². The highest BCUT2D eigenvalue weighted by Crippen LogP contribution is 2.33. The van der Waals surface area contributed by atoms with Gasteiger partial charge >= 0.3 is 0 Å². The van der Waals surface area contributed by atoms with E-state index in [0.29, 0.717) is 10.0 Å². The van der Waals surface area contributed by atoms with E-state index in [4.69, 9.17) is 5.26 Å². The molecule has 0 aliphatic rings. The average Bonchev–Trinajstić information content (AvgIpc) is 2.97. The topological polar surface area (TPSA) is 36.7 Å². The molecule has 0 aliphatic carbocycles. The Kier molecular flexibility index (Phi) is 3.82.